The van der Waals surface area contributed by atoms with E-state index in [1.807, 2.05) is 6.92 Å². The lowest BCUT2D eigenvalue weighted by atomic mass is 10.2. The average molecular weight is 392 g/mol. The highest BCUT2D eigenvalue weighted by Gasteiger charge is 2.09. The van der Waals surface area contributed by atoms with Crippen LogP contribution in [-0.4, -0.2) is 32.1 Å². The third-order valence-electron chi connectivity index (χ3n) is 2.41. The van der Waals surface area contributed by atoms with Crippen LogP contribution in [0.5, 0.6) is 5.75 Å². The summed E-state index contributed by atoms with van der Waals surface area (Å²) in [7, 11) is 1.57. The first-order valence-electron chi connectivity index (χ1n) is 6.09. The van der Waals surface area contributed by atoms with Crippen molar-refractivity contribution in [3.8, 4) is 5.75 Å². The molecule has 0 spiro atoms. The van der Waals surface area contributed by atoms with Crippen molar-refractivity contribution in [3.05, 3.63) is 27.3 Å². The maximum atomic E-state index is 11.8. The van der Waals surface area contributed by atoms with E-state index < -0.39 is 0 Å². The van der Waals surface area contributed by atoms with Crippen LogP contribution in [0.25, 0.3) is 0 Å². The van der Waals surface area contributed by atoms with Crippen LogP contribution >= 0.6 is 22.6 Å². The number of carbonyl (C=O) groups is 2. The Kier molecular flexibility index (Phi) is 7.31. The van der Waals surface area contributed by atoms with Gasteiger partial charge < -0.3 is 9.47 Å². The highest BCUT2D eigenvalue weighted by Crippen LogP contribution is 2.21. The first-order chi connectivity index (χ1) is 9.58. The van der Waals surface area contributed by atoms with Gasteiger partial charge in [-0.05, 0) is 47.7 Å². The predicted molar refractivity (Wildman–Crippen MR) is 82.4 cm³/mol. The Labute approximate surface area is 131 Å². The zero-order valence-electron chi connectivity index (χ0n) is 11.4. The highest BCUT2D eigenvalue weighted by atomic mass is 127. The average Bonchev–Trinajstić information content (AvgIpc) is 2.45. The molecule has 7 heteroatoms. The quantitative estimate of drug-likeness (QED) is 0.437. The molecule has 6 nitrogen and oxygen atoms in total. The molecule has 1 rings (SSSR count). The lowest BCUT2D eigenvalue weighted by Crippen LogP contribution is -2.42. The van der Waals surface area contributed by atoms with Crippen molar-refractivity contribution in [2.75, 3.05) is 20.3 Å². The molecule has 0 atom stereocenters. The van der Waals surface area contributed by atoms with E-state index in [-0.39, 0.29) is 18.2 Å². The van der Waals surface area contributed by atoms with Crippen molar-refractivity contribution in [2.24, 2.45) is 0 Å². The van der Waals surface area contributed by atoms with Crippen LogP contribution < -0.4 is 15.6 Å². The van der Waals surface area contributed by atoms with Crippen LogP contribution in [0, 0.1) is 3.57 Å². The summed E-state index contributed by atoms with van der Waals surface area (Å²) in [5.74, 6) is 0.0215. The molecule has 0 unspecified atom stereocenters. The van der Waals surface area contributed by atoms with E-state index in [4.69, 9.17) is 9.47 Å². The van der Waals surface area contributed by atoms with E-state index in [9.17, 15) is 9.59 Å². The number of amides is 2. The molecule has 0 bridgehead atoms. The van der Waals surface area contributed by atoms with E-state index in [0.717, 1.165) is 3.57 Å². The number of rotatable bonds is 6. The molecule has 1 aromatic rings. The molecule has 0 fully saturated rings. The number of hydrogen-bond donors (Lipinski definition) is 2. The summed E-state index contributed by atoms with van der Waals surface area (Å²) < 4.78 is 11.0. The van der Waals surface area contributed by atoms with E-state index in [1.54, 1.807) is 25.3 Å². The number of methoxy groups -OCH3 is 1. The standard InChI is InChI=1S/C13H17IN2O4/c1-3-20-7-6-12(17)15-16-13(18)9-4-5-11(19-2)10(14)8-9/h4-5,8H,3,6-7H2,1-2H3,(H,15,17)(H,16,18). The first kappa shape index (κ1) is 16.7. The van der Waals surface area contributed by atoms with Gasteiger partial charge in [-0.15, -0.1) is 0 Å². The fourth-order valence-corrected chi connectivity index (χ4v) is 2.11. The Morgan fingerprint density at radius 2 is 2.05 bits per heavy atom. The molecule has 0 aliphatic carbocycles. The second kappa shape index (κ2) is 8.75. The smallest absolute Gasteiger partial charge is 0.269 e. The summed E-state index contributed by atoms with van der Waals surface area (Å²) in [5.41, 5.74) is 5.13. The Morgan fingerprint density at radius 1 is 1.30 bits per heavy atom. The van der Waals surface area contributed by atoms with Gasteiger partial charge in [-0.3, -0.25) is 20.4 Å². The molecule has 0 heterocycles. The van der Waals surface area contributed by atoms with Gasteiger partial charge in [0.15, 0.2) is 0 Å². The van der Waals surface area contributed by atoms with Crippen molar-refractivity contribution < 1.29 is 19.1 Å². The number of hydrogen-bond acceptors (Lipinski definition) is 4. The van der Waals surface area contributed by atoms with Gasteiger partial charge in [0.1, 0.15) is 5.75 Å². The van der Waals surface area contributed by atoms with Gasteiger partial charge in [0.25, 0.3) is 5.91 Å². The van der Waals surface area contributed by atoms with Crippen LogP contribution in [0.3, 0.4) is 0 Å². The summed E-state index contributed by atoms with van der Waals surface area (Å²) in [4.78, 5) is 23.2. The molecule has 0 aliphatic heterocycles. The Balaban J connectivity index is 2.46. The van der Waals surface area contributed by atoms with Gasteiger partial charge >= 0.3 is 0 Å². The zero-order valence-corrected chi connectivity index (χ0v) is 13.5. The van der Waals surface area contributed by atoms with Crippen LogP contribution in [0.2, 0.25) is 0 Å². The van der Waals surface area contributed by atoms with Gasteiger partial charge in [-0.1, -0.05) is 0 Å². The number of ether oxygens (including phenoxy) is 2. The molecule has 2 N–H and O–H groups in total. The minimum absolute atomic E-state index is 0.203. The third kappa shape index (κ3) is 5.33. The first-order valence-corrected chi connectivity index (χ1v) is 7.16. The summed E-state index contributed by atoms with van der Waals surface area (Å²) >= 11 is 2.07. The Bertz CT molecular complexity index is 479. The number of halogens is 1. The molecule has 0 aliphatic rings. The topological polar surface area (TPSA) is 76.7 Å². The number of carbonyl (C=O) groups excluding carboxylic acids is 2. The maximum Gasteiger partial charge on any atom is 0.269 e. The Hall–Kier alpha value is -1.35. The fraction of sp³-hybridized carbons (Fsp3) is 0.385. The highest BCUT2D eigenvalue weighted by molar-refractivity contribution is 14.1. The van der Waals surface area contributed by atoms with E-state index in [0.29, 0.717) is 24.5 Å². The van der Waals surface area contributed by atoms with Gasteiger partial charge in [0, 0.05) is 12.2 Å². The predicted octanol–water partition coefficient (Wildman–Crippen LogP) is 1.49. The lowest BCUT2D eigenvalue weighted by Gasteiger charge is -2.09. The number of hydrazine groups is 1. The van der Waals surface area contributed by atoms with Crippen molar-refractivity contribution in [2.45, 2.75) is 13.3 Å². The largest absolute Gasteiger partial charge is 0.496 e. The van der Waals surface area contributed by atoms with Crippen molar-refractivity contribution in [1.29, 1.82) is 0 Å². The van der Waals surface area contributed by atoms with Crippen LogP contribution in [0.4, 0.5) is 0 Å². The molecule has 110 valence electrons. The van der Waals surface area contributed by atoms with Crippen molar-refractivity contribution in [3.63, 3.8) is 0 Å². The summed E-state index contributed by atoms with van der Waals surface area (Å²) in [6, 6.07) is 5.01. The van der Waals surface area contributed by atoms with Gasteiger partial charge in [0.2, 0.25) is 5.91 Å². The minimum atomic E-state index is -0.379. The third-order valence-corrected chi connectivity index (χ3v) is 3.25. The van der Waals surface area contributed by atoms with Gasteiger partial charge in [-0.25, -0.2) is 0 Å². The van der Waals surface area contributed by atoms with E-state index >= 15 is 0 Å². The second-order valence-corrected chi connectivity index (χ2v) is 4.96. The molecule has 20 heavy (non-hydrogen) atoms. The second-order valence-electron chi connectivity index (χ2n) is 3.80. The Morgan fingerprint density at radius 3 is 2.65 bits per heavy atom. The molecular formula is C13H17IN2O4. The summed E-state index contributed by atoms with van der Waals surface area (Å²) in [6.45, 7) is 2.74. The molecule has 0 saturated heterocycles. The summed E-state index contributed by atoms with van der Waals surface area (Å²) in [5, 5.41) is 0. The number of nitrogens with one attached hydrogen (secondary N) is 2. The van der Waals surface area contributed by atoms with Crippen LogP contribution in [0.15, 0.2) is 18.2 Å². The molecule has 0 radical (unpaired) electrons. The van der Waals surface area contributed by atoms with E-state index in [1.165, 1.54) is 0 Å². The molecule has 0 saturated carbocycles. The monoisotopic (exact) mass is 392 g/mol. The van der Waals surface area contributed by atoms with E-state index in [2.05, 4.69) is 33.4 Å². The molecule has 1 aromatic carbocycles. The zero-order chi connectivity index (χ0) is 15.0. The summed E-state index contributed by atoms with van der Waals surface area (Å²) in [6.07, 6.45) is 0.203. The van der Waals surface area contributed by atoms with Crippen LogP contribution in [-0.2, 0) is 9.53 Å². The van der Waals surface area contributed by atoms with Crippen molar-refractivity contribution >= 4 is 34.4 Å². The fourth-order valence-electron chi connectivity index (χ4n) is 1.38. The number of benzene rings is 1. The van der Waals surface area contributed by atoms with Crippen LogP contribution in [0.1, 0.15) is 23.7 Å². The van der Waals surface area contributed by atoms with Gasteiger partial charge in [0.05, 0.1) is 23.7 Å². The maximum absolute atomic E-state index is 11.8. The SMILES string of the molecule is CCOCCC(=O)NNC(=O)c1ccc(OC)c(I)c1. The minimum Gasteiger partial charge on any atom is -0.496 e. The van der Waals surface area contributed by atoms with Gasteiger partial charge in [-0.2, -0.15) is 0 Å². The molecule has 0 aromatic heterocycles. The van der Waals surface area contributed by atoms with Crippen molar-refractivity contribution in [1.82, 2.24) is 10.9 Å². The molecular weight excluding hydrogens is 375 g/mol. The lowest BCUT2D eigenvalue weighted by molar-refractivity contribution is -0.122. The normalized spacial score (nSPS) is 9.95. The molecule has 2 amide bonds.